The number of carbonyl (C=O) groups excluding carboxylic acids is 5. The second kappa shape index (κ2) is 16.1. The lowest BCUT2D eigenvalue weighted by Gasteiger charge is -2.42. The van der Waals surface area contributed by atoms with Gasteiger partial charge in [-0.3, -0.25) is 19.2 Å². The largest absolute Gasteiger partial charge is 0.473 e. The number of methoxy groups -OCH3 is 1. The summed E-state index contributed by atoms with van der Waals surface area (Å²) < 4.78 is 65.4. The fraction of sp³-hybridized carbons (Fsp3) is 0.667. The number of fused-ring (bicyclic) bond motifs is 1. The first-order chi connectivity index (χ1) is 22.8. The number of hydrogen-bond acceptors (Lipinski definition) is 9. The van der Waals surface area contributed by atoms with Crippen molar-refractivity contribution < 1.29 is 56.1 Å². The number of anilines is 1. The number of rotatable bonds is 12. The molecule has 49 heavy (non-hydrogen) atoms. The Kier molecular flexibility index (Phi) is 12.9. The number of alkyl halides is 3. The molecule has 0 radical (unpaired) electrons. The van der Waals surface area contributed by atoms with E-state index in [4.69, 9.17) is 18.9 Å². The van der Waals surface area contributed by atoms with Crippen molar-refractivity contribution in [3.63, 3.8) is 0 Å². The summed E-state index contributed by atoms with van der Waals surface area (Å²) in [4.78, 5) is 68.5. The summed E-state index contributed by atoms with van der Waals surface area (Å²) in [7, 11) is 1.32. The van der Waals surface area contributed by atoms with Gasteiger partial charge >= 0.3 is 18.2 Å². The van der Waals surface area contributed by atoms with Gasteiger partial charge < -0.3 is 39.0 Å². The number of likely N-dealkylation sites (tertiary alicyclic amines) is 1. The second-order valence-electron chi connectivity index (χ2n) is 12.9. The average Bonchev–Trinajstić information content (AvgIpc) is 3.01. The smallest absolute Gasteiger partial charge is 0.417 e. The molecule has 4 amide bonds. The van der Waals surface area contributed by atoms with Crippen molar-refractivity contribution in [3.05, 3.63) is 23.3 Å². The molecule has 3 atom stereocenters. The molecule has 1 unspecified atom stereocenters. The van der Waals surface area contributed by atoms with E-state index in [1.54, 1.807) is 34.6 Å². The average molecular weight is 701 g/mol. The van der Waals surface area contributed by atoms with E-state index in [1.807, 2.05) is 0 Å². The van der Waals surface area contributed by atoms with Gasteiger partial charge in [0, 0.05) is 52.7 Å². The number of esters is 1. The second-order valence-corrected chi connectivity index (χ2v) is 12.9. The fourth-order valence-electron chi connectivity index (χ4n) is 5.82. The van der Waals surface area contributed by atoms with Gasteiger partial charge in [0.2, 0.25) is 17.8 Å². The van der Waals surface area contributed by atoms with Gasteiger partial charge in [-0.05, 0) is 45.7 Å². The number of piperidine rings is 1. The van der Waals surface area contributed by atoms with Crippen LogP contribution in [0.25, 0.3) is 0 Å². The van der Waals surface area contributed by atoms with Crippen LogP contribution in [0.1, 0.15) is 83.7 Å². The Balaban J connectivity index is 2.01. The summed E-state index contributed by atoms with van der Waals surface area (Å²) in [6.45, 7) is 10.8. The Morgan fingerprint density at radius 2 is 1.80 bits per heavy atom. The molecule has 2 heterocycles. The molecule has 1 aromatic carbocycles. The molecule has 0 aliphatic carbocycles. The SMILES string of the molecule is CCC(=O)NCCN1C(=O)[C@@](C)(COC)Oc2cc(C(F)(F)F)c(C(=O)N(C(C)C)[C@@H]3CCCN(C(=O)OC(C)OC(=O)C(C)C)C3)cc21. The van der Waals surface area contributed by atoms with Crippen LogP contribution in [0.4, 0.5) is 23.7 Å². The lowest BCUT2D eigenvalue weighted by Crippen LogP contribution is -2.58. The van der Waals surface area contributed by atoms with Crippen molar-refractivity contribution in [2.24, 2.45) is 5.92 Å². The van der Waals surface area contributed by atoms with E-state index in [-0.39, 0.29) is 56.6 Å². The molecule has 0 saturated carbocycles. The first-order valence-corrected chi connectivity index (χ1v) is 16.3. The highest BCUT2D eigenvalue weighted by Crippen LogP contribution is 2.44. The number of ether oxygens (including phenoxy) is 4. The van der Waals surface area contributed by atoms with Crippen LogP contribution in [-0.4, -0.2) is 103 Å². The maximum absolute atomic E-state index is 14.7. The molecule has 13 nitrogen and oxygen atoms in total. The van der Waals surface area contributed by atoms with Gasteiger partial charge in [0.25, 0.3) is 11.8 Å². The Hall–Kier alpha value is -4.08. The molecule has 1 fully saturated rings. The standard InChI is InChI=1S/C33H47F3N4O9/c1-9-27(41)37-12-14-39-25-15-23(24(33(34,35)36)16-26(25)49-32(7,18-46-8)30(39)44)28(42)40(20(4)5)22-11-10-13-38(17-22)31(45)48-21(6)47-29(43)19(2)3/h15-16,19-22H,9-14,17-18H2,1-8H3,(H,37,41)/t21?,22-,32-/m1/s1. The third-order valence-corrected chi connectivity index (χ3v) is 8.22. The molecule has 16 heteroatoms. The molecule has 2 aliphatic rings. The summed E-state index contributed by atoms with van der Waals surface area (Å²) in [6.07, 6.45) is -5.96. The minimum Gasteiger partial charge on any atom is -0.473 e. The van der Waals surface area contributed by atoms with Gasteiger partial charge in [0.15, 0.2) is 0 Å². The minimum atomic E-state index is -4.99. The maximum Gasteiger partial charge on any atom is 0.417 e. The third kappa shape index (κ3) is 9.34. The maximum atomic E-state index is 14.7. The molecule has 1 N–H and O–H groups in total. The van der Waals surface area contributed by atoms with Crippen molar-refractivity contribution in [1.29, 1.82) is 0 Å². The molecule has 0 aromatic heterocycles. The zero-order valence-corrected chi connectivity index (χ0v) is 29.3. The van der Waals surface area contributed by atoms with E-state index in [0.717, 1.165) is 6.07 Å². The number of amides is 4. The van der Waals surface area contributed by atoms with Crippen LogP contribution in [0, 0.1) is 5.92 Å². The summed E-state index contributed by atoms with van der Waals surface area (Å²) in [5, 5.41) is 2.65. The third-order valence-electron chi connectivity index (χ3n) is 8.22. The Bertz CT molecular complexity index is 1400. The summed E-state index contributed by atoms with van der Waals surface area (Å²) in [5.41, 5.74) is -3.71. The number of halogens is 3. The number of benzene rings is 1. The highest BCUT2D eigenvalue weighted by atomic mass is 19.4. The molecule has 3 rings (SSSR count). The van der Waals surface area contributed by atoms with Crippen LogP contribution >= 0.6 is 0 Å². The first kappa shape index (κ1) is 39.4. The fourth-order valence-corrected chi connectivity index (χ4v) is 5.82. The van der Waals surface area contributed by atoms with Crippen molar-refractivity contribution >= 4 is 35.5 Å². The minimum absolute atomic E-state index is 0.00731. The van der Waals surface area contributed by atoms with Gasteiger partial charge in [-0.25, -0.2) is 4.79 Å². The van der Waals surface area contributed by atoms with Crippen LogP contribution in [0.5, 0.6) is 5.75 Å². The van der Waals surface area contributed by atoms with E-state index in [2.05, 4.69) is 5.32 Å². The van der Waals surface area contributed by atoms with Crippen molar-refractivity contribution in [3.8, 4) is 5.75 Å². The number of nitrogens with zero attached hydrogens (tertiary/aromatic N) is 3. The summed E-state index contributed by atoms with van der Waals surface area (Å²) >= 11 is 0. The summed E-state index contributed by atoms with van der Waals surface area (Å²) in [6, 6.07) is 0.424. The van der Waals surface area contributed by atoms with Crippen molar-refractivity contribution in [2.45, 2.75) is 97.9 Å². The topological polar surface area (TPSA) is 144 Å². The monoisotopic (exact) mass is 700 g/mol. The van der Waals surface area contributed by atoms with Crippen LogP contribution < -0.4 is 15.0 Å². The van der Waals surface area contributed by atoms with Crippen molar-refractivity contribution in [1.82, 2.24) is 15.1 Å². The highest BCUT2D eigenvalue weighted by molar-refractivity contribution is 6.05. The molecule has 0 spiro atoms. The quantitative estimate of drug-likeness (QED) is 0.249. The van der Waals surface area contributed by atoms with E-state index in [9.17, 15) is 37.1 Å². The summed E-state index contributed by atoms with van der Waals surface area (Å²) in [5.74, 6) is -3.14. The van der Waals surface area contributed by atoms with E-state index >= 15 is 0 Å². The number of nitrogens with one attached hydrogen (secondary N) is 1. The Morgan fingerprint density at radius 1 is 1.12 bits per heavy atom. The van der Waals surface area contributed by atoms with Gasteiger partial charge in [0.1, 0.15) is 5.75 Å². The Morgan fingerprint density at radius 3 is 2.37 bits per heavy atom. The van der Waals surface area contributed by atoms with Crippen molar-refractivity contribution in [2.75, 3.05) is 44.8 Å². The van der Waals surface area contributed by atoms with Gasteiger partial charge in [-0.1, -0.05) is 20.8 Å². The lowest BCUT2D eigenvalue weighted by molar-refractivity contribution is -0.170. The molecule has 1 saturated heterocycles. The number of hydrogen-bond donors (Lipinski definition) is 1. The molecule has 274 valence electrons. The van der Waals surface area contributed by atoms with Gasteiger partial charge in [-0.2, -0.15) is 13.2 Å². The van der Waals surface area contributed by atoms with E-state index in [0.29, 0.717) is 18.9 Å². The molecule has 1 aromatic rings. The van der Waals surface area contributed by atoms with Crippen LogP contribution in [0.2, 0.25) is 0 Å². The predicted octanol–water partition coefficient (Wildman–Crippen LogP) is 4.36. The first-order valence-electron chi connectivity index (χ1n) is 16.3. The van der Waals surface area contributed by atoms with Crippen LogP contribution in [-0.2, 0) is 34.8 Å². The predicted molar refractivity (Wildman–Crippen MR) is 171 cm³/mol. The highest BCUT2D eigenvalue weighted by Gasteiger charge is 2.48. The number of carbonyl (C=O) groups is 5. The van der Waals surface area contributed by atoms with Gasteiger partial charge in [-0.15, -0.1) is 0 Å². The van der Waals surface area contributed by atoms with E-state index < -0.39 is 71.1 Å². The lowest BCUT2D eigenvalue weighted by atomic mass is 9.96. The molecule has 0 bridgehead atoms. The molecule has 2 aliphatic heterocycles. The van der Waals surface area contributed by atoms with Crippen LogP contribution in [0.3, 0.4) is 0 Å². The Labute approximate surface area is 284 Å². The van der Waals surface area contributed by atoms with E-state index in [1.165, 1.54) is 35.7 Å². The molecular formula is C33H47F3N4O9. The zero-order chi connectivity index (χ0) is 36.8. The normalized spacial score (nSPS) is 20.0. The van der Waals surface area contributed by atoms with Crippen LogP contribution in [0.15, 0.2) is 12.1 Å². The zero-order valence-electron chi connectivity index (χ0n) is 29.3. The van der Waals surface area contributed by atoms with Gasteiger partial charge in [0.05, 0.1) is 35.4 Å². The molecular weight excluding hydrogens is 653 g/mol.